The van der Waals surface area contributed by atoms with Gasteiger partial charge in [-0.1, -0.05) is 25.1 Å². The van der Waals surface area contributed by atoms with Crippen molar-refractivity contribution in [2.45, 2.75) is 50.8 Å². The molecule has 3 N–H and O–H groups in total. The summed E-state index contributed by atoms with van der Waals surface area (Å²) in [7, 11) is -2.20. The average molecular weight is 533 g/mol. The van der Waals surface area contributed by atoms with Gasteiger partial charge in [0.2, 0.25) is 0 Å². The molecule has 37 heavy (non-hydrogen) atoms. The molecule has 0 aromatic heterocycles. The van der Waals surface area contributed by atoms with Crippen molar-refractivity contribution < 1.29 is 27.9 Å². The van der Waals surface area contributed by atoms with Crippen molar-refractivity contribution in [2.75, 3.05) is 31.5 Å². The maximum atomic E-state index is 13.6. The fourth-order valence-corrected chi connectivity index (χ4v) is 5.10. The Hall–Kier alpha value is -3.31. The standard InChI is InChI=1S/C26H36N4O6S/c1-17(2)27-26(33)29(5)15-24-18(3)14-30(19(4)16-31)25(32)22-13-20(11-12-23(22)36-24)28-37(34,35)21-9-7-6-8-10-21/h6-13,17-19,24,28,31H,14-16H2,1-5H3,(H,27,33)/t18-,19-,24-/m1/s1. The lowest BCUT2D eigenvalue weighted by Gasteiger charge is -2.38. The highest BCUT2D eigenvalue weighted by Crippen LogP contribution is 2.31. The monoisotopic (exact) mass is 532 g/mol. The summed E-state index contributed by atoms with van der Waals surface area (Å²) in [5.74, 6) is -0.276. The van der Waals surface area contributed by atoms with E-state index >= 15 is 0 Å². The zero-order valence-electron chi connectivity index (χ0n) is 21.8. The van der Waals surface area contributed by atoms with Crippen molar-refractivity contribution >= 4 is 27.6 Å². The number of ether oxygens (including phenoxy) is 1. The first-order valence-corrected chi connectivity index (χ1v) is 13.7. The molecule has 3 atom stereocenters. The first-order valence-electron chi connectivity index (χ1n) is 12.2. The largest absolute Gasteiger partial charge is 0.487 e. The first kappa shape index (κ1) is 28.3. The van der Waals surface area contributed by atoms with Crippen molar-refractivity contribution in [3.05, 3.63) is 54.1 Å². The van der Waals surface area contributed by atoms with Gasteiger partial charge in [-0.25, -0.2) is 13.2 Å². The lowest BCUT2D eigenvalue weighted by atomic mass is 9.99. The van der Waals surface area contributed by atoms with Crippen LogP contribution in [0.15, 0.2) is 53.4 Å². The number of fused-ring (bicyclic) bond motifs is 1. The van der Waals surface area contributed by atoms with Crippen LogP contribution in [0.5, 0.6) is 5.75 Å². The summed E-state index contributed by atoms with van der Waals surface area (Å²) >= 11 is 0. The average Bonchev–Trinajstić information content (AvgIpc) is 2.85. The number of nitrogens with one attached hydrogen (secondary N) is 2. The number of hydrogen-bond acceptors (Lipinski definition) is 6. The predicted molar refractivity (Wildman–Crippen MR) is 141 cm³/mol. The number of carbonyl (C=O) groups is 2. The lowest BCUT2D eigenvalue weighted by Crippen LogP contribution is -2.51. The molecule has 2 aromatic carbocycles. The summed E-state index contributed by atoms with van der Waals surface area (Å²) in [6, 6.07) is 11.7. The van der Waals surface area contributed by atoms with E-state index in [4.69, 9.17) is 4.74 Å². The normalized spacial score (nSPS) is 18.8. The van der Waals surface area contributed by atoms with Gasteiger partial charge in [-0.05, 0) is 51.1 Å². The summed E-state index contributed by atoms with van der Waals surface area (Å²) in [4.78, 5) is 29.2. The number of carbonyl (C=O) groups excluding carboxylic acids is 2. The molecule has 1 heterocycles. The van der Waals surface area contributed by atoms with E-state index in [1.807, 2.05) is 20.8 Å². The molecule has 0 unspecified atom stereocenters. The van der Waals surface area contributed by atoms with E-state index in [-0.39, 0.29) is 65.5 Å². The number of hydrogen-bond donors (Lipinski definition) is 3. The second kappa shape index (κ2) is 11.8. The molecule has 0 aliphatic carbocycles. The number of likely N-dealkylation sites (N-methyl/N-ethyl adjacent to an activating group) is 1. The van der Waals surface area contributed by atoms with E-state index in [2.05, 4.69) is 10.0 Å². The minimum absolute atomic E-state index is 0.0250. The quantitative estimate of drug-likeness (QED) is 0.480. The number of anilines is 1. The topological polar surface area (TPSA) is 128 Å². The van der Waals surface area contributed by atoms with Gasteiger partial charge >= 0.3 is 6.03 Å². The zero-order chi connectivity index (χ0) is 27.3. The number of nitrogens with zero attached hydrogens (tertiary/aromatic N) is 2. The zero-order valence-corrected chi connectivity index (χ0v) is 22.7. The molecular weight excluding hydrogens is 496 g/mol. The molecule has 0 saturated carbocycles. The van der Waals surface area contributed by atoms with E-state index in [0.717, 1.165) is 0 Å². The van der Waals surface area contributed by atoms with E-state index in [1.54, 1.807) is 43.1 Å². The van der Waals surface area contributed by atoms with Gasteiger partial charge in [-0.15, -0.1) is 0 Å². The van der Waals surface area contributed by atoms with Crippen LogP contribution in [0.1, 0.15) is 38.1 Å². The van der Waals surface area contributed by atoms with Gasteiger partial charge in [0.05, 0.1) is 29.7 Å². The second-order valence-corrected chi connectivity index (χ2v) is 11.4. The van der Waals surface area contributed by atoms with Gasteiger partial charge < -0.3 is 25.0 Å². The van der Waals surface area contributed by atoms with Gasteiger partial charge in [-0.2, -0.15) is 0 Å². The van der Waals surface area contributed by atoms with Crippen molar-refractivity contribution in [3.63, 3.8) is 0 Å². The maximum absolute atomic E-state index is 13.6. The Morgan fingerprint density at radius 2 is 1.86 bits per heavy atom. The van der Waals surface area contributed by atoms with Crippen molar-refractivity contribution in [1.29, 1.82) is 0 Å². The van der Waals surface area contributed by atoms with Crippen LogP contribution in [0, 0.1) is 5.92 Å². The summed E-state index contributed by atoms with van der Waals surface area (Å²) in [6.45, 7) is 7.72. The fraction of sp³-hybridized carbons (Fsp3) is 0.462. The highest BCUT2D eigenvalue weighted by atomic mass is 32.2. The Morgan fingerprint density at radius 3 is 2.49 bits per heavy atom. The number of sulfonamides is 1. The number of aliphatic hydroxyl groups excluding tert-OH is 1. The number of benzene rings is 2. The molecule has 0 fully saturated rings. The molecule has 0 radical (unpaired) electrons. The molecule has 202 valence electrons. The summed E-state index contributed by atoms with van der Waals surface area (Å²) in [5, 5.41) is 12.7. The van der Waals surface area contributed by atoms with E-state index in [9.17, 15) is 23.1 Å². The number of urea groups is 1. The Labute approximate surface area is 218 Å². The number of rotatable bonds is 8. The molecule has 0 spiro atoms. The first-order chi connectivity index (χ1) is 17.4. The Balaban J connectivity index is 1.96. The molecule has 1 aliphatic heterocycles. The SMILES string of the molecule is CC(C)NC(=O)N(C)C[C@H]1Oc2ccc(NS(=O)(=O)c3ccccc3)cc2C(=O)N([C@H](C)CO)C[C@H]1C. The molecule has 2 aromatic rings. The highest BCUT2D eigenvalue weighted by molar-refractivity contribution is 7.92. The van der Waals surface area contributed by atoms with Crippen molar-refractivity contribution in [1.82, 2.24) is 15.1 Å². The molecule has 3 rings (SSSR count). The van der Waals surface area contributed by atoms with Crippen LogP contribution in [-0.2, 0) is 10.0 Å². The summed E-state index contributed by atoms with van der Waals surface area (Å²) in [5.41, 5.74) is 0.370. The molecule has 11 heteroatoms. The fourth-order valence-electron chi connectivity index (χ4n) is 4.03. The Kier molecular flexibility index (Phi) is 9.03. The summed E-state index contributed by atoms with van der Waals surface area (Å²) < 4.78 is 34.5. The third-order valence-electron chi connectivity index (χ3n) is 6.18. The third kappa shape index (κ3) is 6.92. The number of amides is 3. The van der Waals surface area contributed by atoms with Crippen molar-refractivity contribution in [2.24, 2.45) is 5.92 Å². The smallest absolute Gasteiger partial charge is 0.317 e. The third-order valence-corrected chi connectivity index (χ3v) is 7.58. The minimum Gasteiger partial charge on any atom is -0.487 e. The van der Waals surface area contributed by atoms with Gasteiger partial charge in [0.15, 0.2) is 0 Å². The van der Waals surface area contributed by atoms with Gasteiger partial charge in [0.1, 0.15) is 11.9 Å². The minimum atomic E-state index is -3.87. The van der Waals surface area contributed by atoms with Gasteiger partial charge in [0.25, 0.3) is 15.9 Å². The van der Waals surface area contributed by atoms with Crippen LogP contribution in [0.4, 0.5) is 10.5 Å². The van der Waals surface area contributed by atoms with E-state index < -0.39 is 22.2 Å². The summed E-state index contributed by atoms with van der Waals surface area (Å²) in [6.07, 6.45) is -0.463. The Morgan fingerprint density at radius 1 is 1.19 bits per heavy atom. The molecule has 10 nitrogen and oxygen atoms in total. The predicted octanol–water partition coefficient (Wildman–Crippen LogP) is 2.76. The molecule has 3 amide bonds. The molecule has 1 aliphatic rings. The van der Waals surface area contributed by atoms with Gasteiger partial charge in [-0.3, -0.25) is 9.52 Å². The van der Waals surface area contributed by atoms with Crippen molar-refractivity contribution in [3.8, 4) is 5.75 Å². The van der Waals surface area contributed by atoms with Crippen LogP contribution in [0.25, 0.3) is 0 Å². The Bertz CT molecular complexity index is 1200. The van der Waals surface area contributed by atoms with E-state index in [0.29, 0.717) is 0 Å². The van der Waals surface area contributed by atoms with Crippen LogP contribution in [-0.4, -0.2) is 80.2 Å². The molecule has 0 saturated heterocycles. The van der Waals surface area contributed by atoms with Gasteiger partial charge in [0, 0.05) is 31.2 Å². The lowest BCUT2D eigenvalue weighted by molar-refractivity contribution is 0.0366. The van der Waals surface area contributed by atoms with Crippen LogP contribution < -0.4 is 14.8 Å². The molecule has 0 bridgehead atoms. The maximum Gasteiger partial charge on any atom is 0.317 e. The van der Waals surface area contributed by atoms with E-state index in [1.165, 1.54) is 29.2 Å². The molecular formula is C26H36N4O6S. The second-order valence-electron chi connectivity index (χ2n) is 9.74. The van der Waals surface area contributed by atoms with Crippen LogP contribution in [0.3, 0.4) is 0 Å². The van der Waals surface area contributed by atoms with Crippen LogP contribution >= 0.6 is 0 Å². The highest BCUT2D eigenvalue weighted by Gasteiger charge is 2.34. The van der Waals surface area contributed by atoms with Crippen LogP contribution in [0.2, 0.25) is 0 Å². The number of aliphatic hydroxyl groups is 1.